The van der Waals surface area contributed by atoms with Crippen LogP contribution in [0.5, 0.6) is 0 Å². The second kappa shape index (κ2) is 7.23. The average Bonchev–Trinajstić information content (AvgIpc) is 3.05. The SMILES string of the molecule is Cl.O=C(c1cccc(-n2nccc2C(F)(F)F)c1)N1CCNCC1. The summed E-state index contributed by atoms with van der Waals surface area (Å²) in [6.45, 7) is 2.59. The largest absolute Gasteiger partial charge is 0.433 e. The van der Waals surface area contributed by atoms with Crippen LogP contribution in [0.1, 0.15) is 16.1 Å². The Hall–Kier alpha value is -2.06. The fourth-order valence-corrected chi connectivity index (χ4v) is 2.54. The zero-order chi connectivity index (χ0) is 16.4. The molecule has 130 valence electrons. The molecule has 0 aliphatic carbocycles. The van der Waals surface area contributed by atoms with Crippen LogP contribution in [0.4, 0.5) is 13.2 Å². The molecule has 1 amide bonds. The van der Waals surface area contributed by atoms with Crippen LogP contribution in [0.3, 0.4) is 0 Å². The third-order valence-electron chi connectivity index (χ3n) is 3.68. The zero-order valence-corrected chi connectivity index (χ0v) is 13.4. The number of benzene rings is 1. The molecule has 0 unspecified atom stereocenters. The van der Waals surface area contributed by atoms with Crippen molar-refractivity contribution < 1.29 is 18.0 Å². The van der Waals surface area contributed by atoms with Crippen molar-refractivity contribution in [3.05, 3.63) is 47.8 Å². The number of hydrogen-bond acceptors (Lipinski definition) is 3. The number of alkyl halides is 3. The van der Waals surface area contributed by atoms with Crippen LogP contribution in [0, 0.1) is 0 Å². The number of nitrogens with zero attached hydrogens (tertiary/aromatic N) is 3. The Bertz CT molecular complexity index is 711. The van der Waals surface area contributed by atoms with Gasteiger partial charge in [0, 0.05) is 31.7 Å². The Morgan fingerprint density at radius 2 is 1.88 bits per heavy atom. The number of halogens is 4. The van der Waals surface area contributed by atoms with Gasteiger partial charge < -0.3 is 10.2 Å². The highest BCUT2D eigenvalue weighted by Gasteiger charge is 2.35. The minimum Gasteiger partial charge on any atom is -0.336 e. The molecule has 9 heteroatoms. The van der Waals surface area contributed by atoms with E-state index in [2.05, 4.69) is 10.4 Å². The van der Waals surface area contributed by atoms with Crippen molar-refractivity contribution >= 4 is 18.3 Å². The van der Waals surface area contributed by atoms with E-state index in [0.29, 0.717) is 31.7 Å². The summed E-state index contributed by atoms with van der Waals surface area (Å²) in [5, 5.41) is 6.87. The maximum absolute atomic E-state index is 13.0. The number of nitrogens with one attached hydrogen (secondary N) is 1. The molecule has 0 radical (unpaired) electrons. The highest BCUT2D eigenvalue weighted by molar-refractivity contribution is 5.94. The lowest BCUT2D eigenvalue weighted by Gasteiger charge is -2.27. The highest BCUT2D eigenvalue weighted by atomic mass is 35.5. The van der Waals surface area contributed by atoms with Gasteiger partial charge in [0.1, 0.15) is 5.69 Å². The molecule has 5 nitrogen and oxygen atoms in total. The molecule has 2 heterocycles. The van der Waals surface area contributed by atoms with Gasteiger partial charge in [-0.1, -0.05) is 6.07 Å². The van der Waals surface area contributed by atoms with Gasteiger partial charge in [0.25, 0.3) is 5.91 Å². The molecular weight excluding hydrogens is 345 g/mol. The van der Waals surface area contributed by atoms with E-state index in [9.17, 15) is 18.0 Å². The third-order valence-corrected chi connectivity index (χ3v) is 3.68. The Labute approximate surface area is 142 Å². The van der Waals surface area contributed by atoms with Gasteiger partial charge in [-0.3, -0.25) is 4.79 Å². The molecular formula is C15H16ClF3N4O. The van der Waals surface area contributed by atoms with E-state index >= 15 is 0 Å². The van der Waals surface area contributed by atoms with Crippen LogP contribution in [0.25, 0.3) is 5.69 Å². The minimum absolute atomic E-state index is 0. The van der Waals surface area contributed by atoms with Crippen molar-refractivity contribution in [2.45, 2.75) is 6.18 Å². The fraction of sp³-hybridized carbons (Fsp3) is 0.333. The monoisotopic (exact) mass is 360 g/mol. The van der Waals surface area contributed by atoms with Crippen LogP contribution < -0.4 is 5.32 Å². The van der Waals surface area contributed by atoms with Crippen LogP contribution in [0.15, 0.2) is 36.5 Å². The van der Waals surface area contributed by atoms with E-state index in [1.54, 1.807) is 17.0 Å². The number of carbonyl (C=O) groups is 1. The lowest BCUT2D eigenvalue weighted by Crippen LogP contribution is -2.46. The quantitative estimate of drug-likeness (QED) is 0.894. The molecule has 3 rings (SSSR count). The molecule has 0 saturated carbocycles. The number of carbonyl (C=O) groups excluding carboxylic acids is 1. The molecule has 1 fully saturated rings. The Morgan fingerprint density at radius 1 is 1.17 bits per heavy atom. The van der Waals surface area contributed by atoms with Crippen molar-refractivity contribution in [1.29, 1.82) is 0 Å². The first-order valence-electron chi connectivity index (χ1n) is 7.18. The molecule has 1 N–H and O–H groups in total. The van der Waals surface area contributed by atoms with Crippen LogP contribution >= 0.6 is 12.4 Å². The summed E-state index contributed by atoms with van der Waals surface area (Å²) >= 11 is 0. The summed E-state index contributed by atoms with van der Waals surface area (Å²) in [7, 11) is 0. The van der Waals surface area contributed by atoms with Crippen LogP contribution in [-0.2, 0) is 6.18 Å². The molecule has 1 saturated heterocycles. The van der Waals surface area contributed by atoms with Crippen molar-refractivity contribution in [2.75, 3.05) is 26.2 Å². The minimum atomic E-state index is -4.50. The van der Waals surface area contributed by atoms with E-state index < -0.39 is 11.9 Å². The molecule has 1 aliphatic rings. The first kappa shape index (κ1) is 18.3. The van der Waals surface area contributed by atoms with E-state index in [-0.39, 0.29) is 24.0 Å². The summed E-state index contributed by atoms with van der Waals surface area (Å²) in [6.07, 6.45) is -3.41. The predicted octanol–water partition coefficient (Wildman–Crippen LogP) is 2.36. The van der Waals surface area contributed by atoms with Gasteiger partial charge in [0.15, 0.2) is 0 Å². The van der Waals surface area contributed by atoms with Gasteiger partial charge in [0.2, 0.25) is 0 Å². The second-order valence-corrected chi connectivity index (χ2v) is 5.22. The number of amides is 1. The summed E-state index contributed by atoms with van der Waals surface area (Å²) < 4.78 is 39.7. The summed E-state index contributed by atoms with van der Waals surface area (Å²) in [6, 6.07) is 7.01. The highest BCUT2D eigenvalue weighted by Crippen LogP contribution is 2.30. The van der Waals surface area contributed by atoms with Crippen molar-refractivity contribution in [1.82, 2.24) is 20.0 Å². The summed E-state index contributed by atoms with van der Waals surface area (Å²) in [5.74, 6) is -0.186. The molecule has 24 heavy (non-hydrogen) atoms. The van der Waals surface area contributed by atoms with Gasteiger partial charge >= 0.3 is 6.18 Å². The molecule has 0 bridgehead atoms. The molecule has 0 atom stereocenters. The van der Waals surface area contributed by atoms with E-state index in [1.807, 2.05) is 0 Å². The van der Waals surface area contributed by atoms with Gasteiger partial charge in [-0.15, -0.1) is 12.4 Å². The first-order chi connectivity index (χ1) is 11.0. The maximum Gasteiger partial charge on any atom is 0.433 e. The van der Waals surface area contributed by atoms with Gasteiger partial charge in [-0.05, 0) is 24.3 Å². The van der Waals surface area contributed by atoms with E-state index in [1.165, 1.54) is 12.1 Å². The molecule has 1 aliphatic heterocycles. The summed E-state index contributed by atoms with van der Waals surface area (Å²) in [4.78, 5) is 14.1. The fourth-order valence-electron chi connectivity index (χ4n) is 2.54. The topological polar surface area (TPSA) is 50.2 Å². The van der Waals surface area contributed by atoms with Gasteiger partial charge in [-0.2, -0.15) is 18.3 Å². The number of piperazine rings is 1. The smallest absolute Gasteiger partial charge is 0.336 e. The van der Waals surface area contributed by atoms with Crippen LogP contribution in [-0.4, -0.2) is 46.8 Å². The maximum atomic E-state index is 13.0. The summed E-state index contributed by atoms with van der Waals surface area (Å²) in [5.41, 5.74) is -0.305. The molecule has 1 aromatic heterocycles. The third kappa shape index (κ3) is 3.70. The van der Waals surface area contributed by atoms with Gasteiger partial charge in [-0.25, -0.2) is 4.68 Å². The normalized spacial score (nSPS) is 15.0. The zero-order valence-electron chi connectivity index (χ0n) is 12.6. The van der Waals surface area contributed by atoms with Crippen LogP contribution in [0.2, 0.25) is 0 Å². The molecule has 0 spiro atoms. The first-order valence-corrected chi connectivity index (χ1v) is 7.18. The molecule has 1 aromatic carbocycles. The number of aromatic nitrogens is 2. The average molecular weight is 361 g/mol. The Kier molecular flexibility index (Phi) is 5.51. The predicted molar refractivity (Wildman–Crippen MR) is 84.6 cm³/mol. The number of hydrogen-bond donors (Lipinski definition) is 1. The molecule has 2 aromatic rings. The Morgan fingerprint density at radius 3 is 2.54 bits per heavy atom. The van der Waals surface area contributed by atoms with Crippen molar-refractivity contribution in [2.24, 2.45) is 0 Å². The second-order valence-electron chi connectivity index (χ2n) is 5.22. The lowest BCUT2D eigenvalue weighted by atomic mass is 10.1. The number of rotatable bonds is 2. The standard InChI is InChI=1S/C15H15F3N4O.ClH/c16-15(17,18)13-4-5-20-22(13)12-3-1-2-11(10-12)14(23)21-8-6-19-7-9-21;/h1-5,10,19H,6-9H2;1H. The Balaban J connectivity index is 0.00000208. The van der Waals surface area contributed by atoms with Crippen molar-refractivity contribution in [3.63, 3.8) is 0 Å². The van der Waals surface area contributed by atoms with Crippen molar-refractivity contribution in [3.8, 4) is 5.69 Å². The van der Waals surface area contributed by atoms with E-state index in [0.717, 1.165) is 16.9 Å². The van der Waals surface area contributed by atoms with E-state index in [4.69, 9.17) is 0 Å². The van der Waals surface area contributed by atoms with Gasteiger partial charge in [0.05, 0.1) is 11.9 Å². The lowest BCUT2D eigenvalue weighted by molar-refractivity contribution is -0.142.